The molecule has 1 aromatic carbocycles. The van der Waals surface area contributed by atoms with Crippen LogP contribution in [0.2, 0.25) is 0 Å². The van der Waals surface area contributed by atoms with E-state index in [4.69, 9.17) is 10.5 Å². The van der Waals surface area contributed by atoms with Crippen LogP contribution in [-0.2, 0) is 12.8 Å². The molecule has 1 fully saturated rings. The number of hydrogen-bond acceptors (Lipinski definition) is 3. The van der Waals surface area contributed by atoms with Crippen molar-refractivity contribution in [3.05, 3.63) is 65.0 Å². The minimum Gasteiger partial charge on any atom is -0.492 e. The van der Waals surface area contributed by atoms with Crippen molar-refractivity contribution in [2.75, 3.05) is 6.61 Å². The molecule has 4 rings (SSSR count). The highest BCUT2D eigenvalue weighted by Gasteiger charge is 2.26. The van der Waals surface area contributed by atoms with Gasteiger partial charge < -0.3 is 10.5 Å². The second kappa shape index (κ2) is 6.94. The number of pyridine rings is 1. The lowest BCUT2D eigenvalue weighted by molar-refractivity contribution is 0.0994. The Bertz CT molecular complexity index is 855. The standard InChI is InChI=1S/C22H24N2O2/c1-2-14-5-6-17-10-18(8-7-16(17)9-14)20-11-19(26-13-15-3-4-15)12-24-21(20)22(23)25/h2,5-6,9,11-12,15,18H,1,3-4,7-8,10,13H2,(H2,23,25)/t18-/m0/s1. The predicted molar refractivity (Wildman–Crippen MR) is 102 cm³/mol. The molecule has 4 heteroatoms. The number of fused-ring (bicyclic) bond motifs is 1. The van der Waals surface area contributed by atoms with E-state index in [2.05, 4.69) is 29.8 Å². The number of ether oxygens (including phenoxy) is 1. The Morgan fingerprint density at radius 1 is 1.27 bits per heavy atom. The number of primary amides is 1. The van der Waals surface area contributed by atoms with Gasteiger partial charge in [-0.3, -0.25) is 4.79 Å². The number of carbonyl (C=O) groups excluding carboxylic acids is 1. The number of hydrogen-bond donors (Lipinski definition) is 1. The summed E-state index contributed by atoms with van der Waals surface area (Å²) < 4.78 is 5.87. The zero-order chi connectivity index (χ0) is 18.1. The van der Waals surface area contributed by atoms with Crippen LogP contribution < -0.4 is 10.5 Å². The second-order valence-corrected chi connectivity index (χ2v) is 7.40. The first-order valence-electron chi connectivity index (χ1n) is 9.31. The van der Waals surface area contributed by atoms with Gasteiger partial charge in [0.1, 0.15) is 11.4 Å². The lowest BCUT2D eigenvalue weighted by Crippen LogP contribution is -2.21. The highest BCUT2D eigenvalue weighted by molar-refractivity contribution is 5.92. The Morgan fingerprint density at radius 3 is 2.85 bits per heavy atom. The van der Waals surface area contributed by atoms with Crippen LogP contribution in [0.4, 0.5) is 0 Å². The molecule has 2 aromatic rings. The van der Waals surface area contributed by atoms with Crippen molar-refractivity contribution in [3.63, 3.8) is 0 Å². The van der Waals surface area contributed by atoms with Crippen molar-refractivity contribution in [3.8, 4) is 5.75 Å². The number of amides is 1. The van der Waals surface area contributed by atoms with Crippen molar-refractivity contribution in [1.29, 1.82) is 0 Å². The van der Waals surface area contributed by atoms with E-state index in [9.17, 15) is 4.79 Å². The van der Waals surface area contributed by atoms with Crippen LogP contribution in [0, 0.1) is 5.92 Å². The number of rotatable bonds is 6. The van der Waals surface area contributed by atoms with Gasteiger partial charge in [-0.2, -0.15) is 0 Å². The minimum atomic E-state index is -0.471. The van der Waals surface area contributed by atoms with Crippen LogP contribution in [0.3, 0.4) is 0 Å². The molecule has 2 aliphatic rings. The summed E-state index contributed by atoms with van der Waals surface area (Å²) in [4.78, 5) is 16.2. The van der Waals surface area contributed by atoms with Crippen LogP contribution in [0.25, 0.3) is 6.08 Å². The van der Waals surface area contributed by atoms with Crippen LogP contribution in [0.5, 0.6) is 5.75 Å². The monoisotopic (exact) mass is 348 g/mol. The van der Waals surface area contributed by atoms with E-state index in [1.807, 2.05) is 12.1 Å². The number of carbonyl (C=O) groups is 1. The molecule has 0 bridgehead atoms. The zero-order valence-electron chi connectivity index (χ0n) is 14.9. The van der Waals surface area contributed by atoms with Gasteiger partial charge in [0.2, 0.25) is 0 Å². The van der Waals surface area contributed by atoms with Crippen molar-refractivity contribution in [1.82, 2.24) is 4.98 Å². The van der Waals surface area contributed by atoms with E-state index in [0.29, 0.717) is 11.6 Å². The molecule has 1 aromatic heterocycles. The van der Waals surface area contributed by atoms with Gasteiger partial charge >= 0.3 is 0 Å². The first-order chi connectivity index (χ1) is 12.6. The second-order valence-electron chi connectivity index (χ2n) is 7.40. The summed E-state index contributed by atoms with van der Waals surface area (Å²) >= 11 is 0. The van der Waals surface area contributed by atoms with Gasteiger partial charge in [0, 0.05) is 0 Å². The third kappa shape index (κ3) is 3.50. The van der Waals surface area contributed by atoms with E-state index in [0.717, 1.165) is 42.7 Å². The highest BCUT2D eigenvalue weighted by Crippen LogP contribution is 2.36. The van der Waals surface area contributed by atoms with E-state index < -0.39 is 5.91 Å². The molecule has 2 N–H and O–H groups in total. The summed E-state index contributed by atoms with van der Waals surface area (Å²) in [5, 5.41) is 0. The van der Waals surface area contributed by atoms with E-state index in [1.54, 1.807) is 6.20 Å². The summed E-state index contributed by atoms with van der Waals surface area (Å²) in [6.45, 7) is 4.57. The van der Waals surface area contributed by atoms with Crippen LogP contribution in [0.1, 0.15) is 57.9 Å². The summed E-state index contributed by atoms with van der Waals surface area (Å²) in [5.41, 5.74) is 10.7. The van der Waals surface area contributed by atoms with E-state index in [1.165, 1.54) is 24.0 Å². The molecule has 0 unspecified atom stereocenters. The first-order valence-corrected chi connectivity index (χ1v) is 9.31. The van der Waals surface area contributed by atoms with Gasteiger partial charge in [-0.25, -0.2) is 4.98 Å². The Hall–Kier alpha value is -2.62. The molecule has 4 nitrogen and oxygen atoms in total. The quantitative estimate of drug-likeness (QED) is 0.861. The lowest BCUT2D eigenvalue weighted by atomic mass is 9.79. The molecule has 1 amide bonds. The number of nitrogens with two attached hydrogens (primary N) is 1. The maximum Gasteiger partial charge on any atom is 0.267 e. The highest BCUT2D eigenvalue weighted by atomic mass is 16.5. The minimum absolute atomic E-state index is 0.233. The Kier molecular flexibility index (Phi) is 4.49. The molecular formula is C22H24N2O2. The van der Waals surface area contributed by atoms with Crippen LogP contribution in [0.15, 0.2) is 37.0 Å². The van der Waals surface area contributed by atoms with Crippen molar-refractivity contribution >= 4 is 12.0 Å². The molecule has 0 saturated heterocycles. The molecule has 1 heterocycles. The van der Waals surface area contributed by atoms with Crippen molar-refractivity contribution < 1.29 is 9.53 Å². The normalized spacial score (nSPS) is 18.8. The van der Waals surface area contributed by atoms with E-state index in [-0.39, 0.29) is 5.92 Å². The predicted octanol–water partition coefficient (Wildman–Crippen LogP) is 3.88. The Labute approximate surface area is 154 Å². The number of aromatic nitrogens is 1. The molecule has 1 atom stereocenters. The summed E-state index contributed by atoms with van der Waals surface area (Å²) in [5.74, 6) is 1.18. The SMILES string of the molecule is C=Cc1ccc2c(c1)CC[C@H](c1cc(OCC3CC3)cnc1C(N)=O)C2. The summed E-state index contributed by atoms with van der Waals surface area (Å²) in [7, 11) is 0. The van der Waals surface area contributed by atoms with Crippen molar-refractivity contribution in [2.45, 2.75) is 38.0 Å². The molecule has 134 valence electrons. The fourth-order valence-electron chi connectivity index (χ4n) is 3.72. The number of aryl methyl sites for hydroxylation is 1. The number of nitrogens with zero attached hydrogens (tertiary/aromatic N) is 1. The maximum absolute atomic E-state index is 11.9. The van der Waals surface area contributed by atoms with Gasteiger partial charge in [-0.05, 0) is 72.3 Å². The fourth-order valence-corrected chi connectivity index (χ4v) is 3.72. The topological polar surface area (TPSA) is 65.2 Å². The third-order valence-electron chi connectivity index (χ3n) is 5.44. The molecule has 0 spiro atoms. The average Bonchev–Trinajstić information content (AvgIpc) is 3.49. The molecule has 1 saturated carbocycles. The Balaban J connectivity index is 1.61. The smallest absolute Gasteiger partial charge is 0.267 e. The first kappa shape index (κ1) is 16.8. The van der Waals surface area contributed by atoms with Gasteiger partial charge in [0.05, 0.1) is 12.8 Å². The third-order valence-corrected chi connectivity index (χ3v) is 5.44. The average molecular weight is 348 g/mol. The van der Waals surface area contributed by atoms with E-state index >= 15 is 0 Å². The zero-order valence-corrected chi connectivity index (χ0v) is 14.9. The molecule has 2 aliphatic carbocycles. The van der Waals surface area contributed by atoms with Gasteiger partial charge in [-0.15, -0.1) is 0 Å². The molecule has 0 aliphatic heterocycles. The molecular weight excluding hydrogens is 324 g/mol. The molecule has 0 radical (unpaired) electrons. The Morgan fingerprint density at radius 2 is 2.12 bits per heavy atom. The van der Waals surface area contributed by atoms with Crippen molar-refractivity contribution in [2.24, 2.45) is 11.7 Å². The van der Waals surface area contributed by atoms with Crippen LogP contribution in [-0.4, -0.2) is 17.5 Å². The number of benzene rings is 1. The fraction of sp³-hybridized carbons (Fsp3) is 0.364. The summed E-state index contributed by atoms with van der Waals surface area (Å²) in [6, 6.07) is 8.45. The maximum atomic E-state index is 11.9. The molecule has 26 heavy (non-hydrogen) atoms. The lowest BCUT2D eigenvalue weighted by Gasteiger charge is -2.26. The summed E-state index contributed by atoms with van der Waals surface area (Å²) in [6.07, 6.45) is 8.83. The van der Waals surface area contributed by atoms with Gasteiger partial charge in [0.25, 0.3) is 5.91 Å². The van der Waals surface area contributed by atoms with Crippen LogP contribution >= 0.6 is 0 Å². The largest absolute Gasteiger partial charge is 0.492 e. The van der Waals surface area contributed by atoms with Gasteiger partial charge in [-0.1, -0.05) is 30.9 Å². The van der Waals surface area contributed by atoms with Gasteiger partial charge in [0.15, 0.2) is 0 Å².